The predicted octanol–water partition coefficient (Wildman–Crippen LogP) is 7.19. The van der Waals surface area contributed by atoms with Gasteiger partial charge in [-0.15, -0.1) is 0 Å². The average Bonchev–Trinajstić information content (AvgIpc) is 2.78. The molecule has 0 heterocycles. The Labute approximate surface area is 149 Å². The van der Waals surface area contributed by atoms with Crippen LogP contribution >= 0.6 is 0 Å². The van der Waals surface area contributed by atoms with Gasteiger partial charge in [0, 0.05) is 5.04 Å². The molecule has 2 aromatic rings. The Bertz CT molecular complexity index is 672. The molecule has 0 saturated heterocycles. The molecular formula is C23H32Si. The van der Waals surface area contributed by atoms with Crippen LogP contribution in [0.4, 0.5) is 0 Å². The maximum atomic E-state index is 2.57. The number of hydrogen-bond acceptors (Lipinski definition) is 0. The molecule has 24 heavy (non-hydrogen) atoms. The molecule has 0 aromatic heterocycles. The molecule has 0 unspecified atom stereocenters. The Morgan fingerprint density at radius 1 is 0.625 bits per heavy atom. The van der Waals surface area contributed by atoms with Gasteiger partial charge in [-0.25, -0.2) is 0 Å². The monoisotopic (exact) mass is 336 g/mol. The van der Waals surface area contributed by atoms with Crippen molar-refractivity contribution >= 4 is 8.07 Å². The Kier molecular flexibility index (Phi) is 4.28. The Balaban J connectivity index is 2.44. The molecule has 2 aromatic carbocycles. The van der Waals surface area contributed by atoms with Gasteiger partial charge in [0.05, 0.1) is 8.07 Å². The molecule has 1 aliphatic carbocycles. The van der Waals surface area contributed by atoms with Gasteiger partial charge in [-0.2, -0.15) is 0 Å². The molecule has 128 valence electrons. The summed E-state index contributed by atoms with van der Waals surface area (Å²) in [6.07, 6.45) is 0. The fraction of sp³-hybridized carbons (Fsp3) is 0.478. The van der Waals surface area contributed by atoms with Crippen molar-refractivity contribution in [3.8, 4) is 11.1 Å². The van der Waals surface area contributed by atoms with E-state index < -0.39 is 8.07 Å². The second-order valence-electron chi connectivity index (χ2n) is 8.61. The zero-order valence-electron chi connectivity index (χ0n) is 16.4. The van der Waals surface area contributed by atoms with Gasteiger partial charge in [0.1, 0.15) is 0 Å². The van der Waals surface area contributed by atoms with Crippen LogP contribution in [-0.4, -0.2) is 8.07 Å². The van der Waals surface area contributed by atoms with E-state index in [1.165, 1.54) is 11.1 Å². The minimum absolute atomic E-state index is 0.177. The van der Waals surface area contributed by atoms with Crippen molar-refractivity contribution in [1.82, 2.24) is 0 Å². The van der Waals surface area contributed by atoms with Crippen LogP contribution in [0.2, 0.25) is 16.6 Å². The first kappa shape index (κ1) is 17.5. The first-order valence-electron chi connectivity index (χ1n) is 9.48. The van der Waals surface area contributed by atoms with Crippen molar-refractivity contribution in [3.05, 3.63) is 59.7 Å². The van der Waals surface area contributed by atoms with Crippen LogP contribution in [0.25, 0.3) is 11.1 Å². The lowest BCUT2D eigenvalue weighted by atomic mass is 9.98. The summed E-state index contributed by atoms with van der Waals surface area (Å²) < 4.78 is 0. The van der Waals surface area contributed by atoms with E-state index >= 15 is 0 Å². The molecule has 3 rings (SSSR count). The van der Waals surface area contributed by atoms with Crippen LogP contribution in [0.15, 0.2) is 48.5 Å². The predicted molar refractivity (Wildman–Crippen MR) is 109 cm³/mol. The van der Waals surface area contributed by atoms with Crippen molar-refractivity contribution in [2.45, 2.75) is 70.1 Å². The summed E-state index contributed by atoms with van der Waals surface area (Å²) in [5, 5.41) is 0.177. The molecule has 1 heteroatoms. The quantitative estimate of drug-likeness (QED) is 0.518. The first-order chi connectivity index (χ1) is 11.3. The second kappa shape index (κ2) is 5.88. The van der Waals surface area contributed by atoms with Gasteiger partial charge in [0.2, 0.25) is 0 Å². The highest BCUT2D eigenvalue weighted by atomic mass is 28.3. The van der Waals surface area contributed by atoms with Crippen LogP contribution in [-0.2, 0) is 5.04 Å². The molecule has 0 atom stereocenters. The van der Waals surface area contributed by atoms with Crippen molar-refractivity contribution in [3.63, 3.8) is 0 Å². The number of fused-ring (bicyclic) bond motifs is 3. The fourth-order valence-corrected chi connectivity index (χ4v) is 15.5. The van der Waals surface area contributed by atoms with Gasteiger partial charge >= 0.3 is 0 Å². The van der Waals surface area contributed by atoms with E-state index in [1.807, 2.05) is 0 Å². The van der Waals surface area contributed by atoms with Crippen LogP contribution < -0.4 is 0 Å². The summed E-state index contributed by atoms with van der Waals surface area (Å²) in [4.78, 5) is 0. The van der Waals surface area contributed by atoms with Gasteiger partial charge in [0.25, 0.3) is 0 Å². The third-order valence-corrected chi connectivity index (χ3v) is 15.0. The zero-order valence-corrected chi connectivity index (χ0v) is 17.4. The van der Waals surface area contributed by atoms with Gasteiger partial charge in [-0.05, 0) is 38.9 Å². The standard InChI is InChI=1S/C23H32Si/c1-16(2)24(17(3)4,18(5)6)23(7)21-14-10-8-12-19(21)20-13-9-11-15-22(20)23/h8-18H,1-7H3. The van der Waals surface area contributed by atoms with E-state index in [1.54, 1.807) is 11.1 Å². The van der Waals surface area contributed by atoms with Crippen molar-refractivity contribution in [2.75, 3.05) is 0 Å². The minimum Gasteiger partial charge on any atom is -0.0651 e. The SMILES string of the molecule is CC(C)[Si](C(C)C)(C(C)C)C1(C)c2ccccc2-c2ccccc21. The summed E-state index contributed by atoms with van der Waals surface area (Å²) in [7, 11) is -1.72. The van der Waals surface area contributed by atoms with E-state index in [0.717, 1.165) is 16.6 Å². The molecule has 0 radical (unpaired) electrons. The van der Waals surface area contributed by atoms with Crippen LogP contribution in [0.5, 0.6) is 0 Å². The van der Waals surface area contributed by atoms with E-state index in [4.69, 9.17) is 0 Å². The van der Waals surface area contributed by atoms with Crippen LogP contribution in [0.1, 0.15) is 59.6 Å². The number of rotatable bonds is 4. The molecule has 0 saturated carbocycles. The van der Waals surface area contributed by atoms with Gasteiger partial charge < -0.3 is 0 Å². The summed E-state index contributed by atoms with van der Waals surface area (Å²) in [6.45, 7) is 17.5. The van der Waals surface area contributed by atoms with Crippen LogP contribution in [0.3, 0.4) is 0 Å². The molecule has 0 N–H and O–H groups in total. The van der Waals surface area contributed by atoms with Gasteiger partial charge in [-0.1, -0.05) is 97.0 Å². The van der Waals surface area contributed by atoms with E-state index in [9.17, 15) is 0 Å². The van der Waals surface area contributed by atoms with Crippen molar-refractivity contribution < 1.29 is 0 Å². The number of hydrogen-bond donors (Lipinski definition) is 0. The van der Waals surface area contributed by atoms with Crippen LogP contribution in [0, 0.1) is 0 Å². The molecular weight excluding hydrogens is 304 g/mol. The van der Waals surface area contributed by atoms with E-state index in [-0.39, 0.29) is 5.04 Å². The number of benzene rings is 2. The largest absolute Gasteiger partial charge is 0.0776 e. The molecule has 0 nitrogen and oxygen atoms in total. The lowest BCUT2D eigenvalue weighted by Gasteiger charge is -2.55. The molecule has 0 spiro atoms. The maximum Gasteiger partial charge on any atom is 0.0776 e. The third kappa shape index (κ3) is 1.97. The Morgan fingerprint density at radius 2 is 0.958 bits per heavy atom. The lowest BCUT2D eigenvalue weighted by Crippen LogP contribution is -2.60. The molecule has 0 bridgehead atoms. The maximum absolute atomic E-state index is 2.57. The van der Waals surface area contributed by atoms with Gasteiger partial charge in [0.15, 0.2) is 0 Å². The minimum atomic E-state index is -1.72. The fourth-order valence-electron chi connectivity index (χ4n) is 6.65. The zero-order chi connectivity index (χ0) is 17.7. The Morgan fingerprint density at radius 3 is 1.29 bits per heavy atom. The molecule has 1 aliphatic rings. The van der Waals surface area contributed by atoms with Crippen molar-refractivity contribution in [1.29, 1.82) is 0 Å². The smallest absolute Gasteiger partial charge is 0.0651 e. The summed E-state index contributed by atoms with van der Waals surface area (Å²) in [6, 6.07) is 18.4. The lowest BCUT2D eigenvalue weighted by molar-refractivity contribution is 0.668. The highest BCUT2D eigenvalue weighted by molar-refractivity contribution is 6.87. The summed E-state index contributed by atoms with van der Waals surface area (Å²) in [5.41, 5.74) is 8.30. The van der Waals surface area contributed by atoms with Gasteiger partial charge in [-0.3, -0.25) is 0 Å². The normalized spacial score (nSPS) is 15.9. The summed E-state index contributed by atoms with van der Waals surface area (Å²) >= 11 is 0. The van der Waals surface area contributed by atoms with E-state index in [2.05, 4.69) is 97.0 Å². The second-order valence-corrected chi connectivity index (χ2v) is 14.9. The third-order valence-electron chi connectivity index (χ3n) is 6.95. The molecule has 0 aliphatic heterocycles. The molecule has 0 amide bonds. The molecule has 0 fully saturated rings. The average molecular weight is 337 g/mol. The van der Waals surface area contributed by atoms with E-state index in [0.29, 0.717) is 0 Å². The first-order valence-corrected chi connectivity index (χ1v) is 11.7. The highest BCUT2D eigenvalue weighted by Crippen LogP contribution is 2.61. The highest BCUT2D eigenvalue weighted by Gasteiger charge is 2.60. The Hall–Kier alpha value is -1.34. The van der Waals surface area contributed by atoms with Crippen molar-refractivity contribution in [2.24, 2.45) is 0 Å². The topological polar surface area (TPSA) is 0 Å². The summed E-state index contributed by atoms with van der Waals surface area (Å²) in [5.74, 6) is 0.